The van der Waals surface area contributed by atoms with Crippen molar-refractivity contribution in [3.63, 3.8) is 0 Å². The van der Waals surface area contributed by atoms with Gasteiger partial charge in [-0.25, -0.2) is 9.29 Å². The fourth-order valence-electron chi connectivity index (χ4n) is 2.12. The number of thiazole rings is 1. The number of amides is 3. The van der Waals surface area contributed by atoms with Crippen LogP contribution in [0.2, 0.25) is 0 Å². The normalized spacial score (nSPS) is 20.5. The van der Waals surface area contributed by atoms with Crippen LogP contribution in [0.4, 0.5) is 5.13 Å². The lowest BCUT2D eigenvalue weighted by Gasteiger charge is -2.42. The van der Waals surface area contributed by atoms with E-state index in [0.717, 1.165) is 11.3 Å². The number of nitrogens with one attached hydrogen (secondary N) is 1. The Balaban J connectivity index is 2.26. The number of oxime groups is 1. The SMILES string of the molecule is C[C@H]1[C@H](NC(=O)/C(=N\OC(C)(C)C(N)=O)c2csc(N)n2)C(=O)N1S(=O)(=O)O. The molecule has 0 radical (unpaired) electrons. The number of hydrogen-bond donors (Lipinski definition) is 4. The van der Waals surface area contributed by atoms with Gasteiger partial charge in [-0.2, -0.15) is 8.42 Å². The van der Waals surface area contributed by atoms with E-state index in [4.69, 9.17) is 20.9 Å². The summed E-state index contributed by atoms with van der Waals surface area (Å²) < 4.78 is 31.5. The molecule has 1 saturated heterocycles. The third-order valence-corrected chi connectivity index (χ3v) is 5.49. The first-order valence-corrected chi connectivity index (χ1v) is 9.92. The first-order valence-electron chi connectivity index (χ1n) is 7.64. The minimum Gasteiger partial charge on any atom is -0.379 e. The zero-order valence-corrected chi connectivity index (χ0v) is 16.6. The molecule has 0 aromatic carbocycles. The predicted molar refractivity (Wildman–Crippen MR) is 97.2 cm³/mol. The number of primary amides is 1. The van der Waals surface area contributed by atoms with Crippen LogP contribution in [0.5, 0.6) is 0 Å². The molecule has 3 amide bonds. The van der Waals surface area contributed by atoms with Gasteiger partial charge in [0.05, 0.1) is 6.04 Å². The second kappa shape index (κ2) is 7.33. The Bertz CT molecular complexity index is 954. The van der Waals surface area contributed by atoms with Crippen LogP contribution in [0.15, 0.2) is 10.5 Å². The summed E-state index contributed by atoms with van der Waals surface area (Å²) in [6, 6.07) is -2.27. The lowest BCUT2D eigenvalue weighted by Crippen LogP contribution is -2.71. The average Bonchev–Trinajstić information content (AvgIpc) is 2.97. The summed E-state index contributed by atoms with van der Waals surface area (Å²) in [5.41, 5.74) is 8.78. The number of nitrogens with zero attached hydrogens (tertiary/aromatic N) is 3. The number of hydrogen-bond acceptors (Lipinski definition) is 10. The van der Waals surface area contributed by atoms with Gasteiger partial charge in [-0.15, -0.1) is 11.3 Å². The van der Waals surface area contributed by atoms with E-state index < -0.39 is 51.4 Å². The molecule has 0 bridgehead atoms. The molecule has 28 heavy (non-hydrogen) atoms. The highest BCUT2D eigenvalue weighted by Crippen LogP contribution is 2.23. The monoisotopic (exact) mass is 434 g/mol. The maximum atomic E-state index is 12.6. The molecule has 0 unspecified atom stereocenters. The van der Waals surface area contributed by atoms with Crippen LogP contribution in [-0.2, 0) is 29.5 Å². The van der Waals surface area contributed by atoms with Gasteiger partial charge in [0.15, 0.2) is 10.8 Å². The van der Waals surface area contributed by atoms with Gasteiger partial charge in [0, 0.05) is 5.38 Å². The van der Waals surface area contributed by atoms with Crippen molar-refractivity contribution in [2.45, 2.75) is 38.5 Å². The second-order valence-corrected chi connectivity index (χ2v) is 8.46. The van der Waals surface area contributed by atoms with Crippen molar-refractivity contribution in [3.05, 3.63) is 11.1 Å². The molecule has 15 heteroatoms. The smallest absolute Gasteiger partial charge is 0.362 e. The molecule has 1 aliphatic heterocycles. The van der Waals surface area contributed by atoms with E-state index in [1.807, 2.05) is 0 Å². The predicted octanol–water partition coefficient (Wildman–Crippen LogP) is -1.77. The Labute approximate surface area is 163 Å². The molecule has 2 heterocycles. The van der Waals surface area contributed by atoms with Crippen LogP contribution < -0.4 is 16.8 Å². The van der Waals surface area contributed by atoms with Crippen LogP contribution in [-0.4, -0.2) is 63.4 Å². The van der Waals surface area contributed by atoms with Gasteiger partial charge in [0.25, 0.3) is 17.7 Å². The Morgan fingerprint density at radius 1 is 1.46 bits per heavy atom. The summed E-state index contributed by atoms with van der Waals surface area (Å²) in [5, 5.41) is 7.43. The Morgan fingerprint density at radius 3 is 2.50 bits per heavy atom. The lowest BCUT2D eigenvalue weighted by molar-refractivity contribution is -0.144. The minimum atomic E-state index is -4.74. The van der Waals surface area contributed by atoms with Gasteiger partial charge in [-0.05, 0) is 20.8 Å². The van der Waals surface area contributed by atoms with Gasteiger partial charge in [-0.1, -0.05) is 5.16 Å². The second-order valence-electron chi connectivity index (χ2n) is 6.28. The molecule has 6 N–H and O–H groups in total. The van der Waals surface area contributed by atoms with E-state index in [1.165, 1.54) is 26.2 Å². The maximum absolute atomic E-state index is 12.6. The number of anilines is 1. The van der Waals surface area contributed by atoms with Gasteiger partial charge in [-0.3, -0.25) is 18.9 Å². The van der Waals surface area contributed by atoms with Crippen molar-refractivity contribution in [2.75, 3.05) is 5.73 Å². The van der Waals surface area contributed by atoms with Crippen LogP contribution in [0.3, 0.4) is 0 Å². The number of β-lactam (4-membered cyclic amide) rings is 1. The van der Waals surface area contributed by atoms with Gasteiger partial charge in [0.1, 0.15) is 11.7 Å². The molecular formula is C13H18N6O7S2. The van der Waals surface area contributed by atoms with E-state index in [-0.39, 0.29) is 15.1 Å². The first-order chi connectivity index (χ1) is 12.8. The zero-order valence-electron chi connectivity index (χ0n) is 14.9. The molecule has 0 aliphatic carbocycles. The third kappa shape index (κ3) is 4.20. The molecule has 154 valence electrons. The van der Waals surface area contributed by atoms with E-state index in [1.54, 1.807) is 0 Å². The highest BCUT2D eigenvalue weighted by atomic mass is 32.2. The van der Waals surface area contributed by atoms with Crippen LogP contribution in [0.25, 0.3) is 0 Å². The van der Waals surface area contributed by atoms with E-state index in [9.17, 15) is 22.8 Å². The lowest BCUT2D eigenvalue weighted by atomic mass is 10.0. The molecule has 1 aromatic heterocycles. The van der Waals surface area contributed by atoms with E-state index >= 15 is 0 Å². The Hall–Kier alpha value is -2.78. The van der Waals surface area contributed by atoms with Crippen molar-refractivity contribution < 1.29 is 32.2 Å². The molecule has 1 aliphatic rings. The molecule has 2 rings (SSSR count). The fraction of sp³-hybridized carbons (Fsp3) is 0.462. The van der Waals surface area contributed by atoms with Crippen molar-refractivity contribution in [3.8, 4) is 0 Å². The number of rotatable bonds is 7. The molecule has 13 nitrogen and oxygen atoms in total. The number of nitrogen functional groups attached to an aromatic ring is 1. The summed E-state index contributed by atoms with van der Waals surface area (Å²) in [6.45, 7) is 3.96. The summed E-state index contributed by atoms with van der Waals surface area (Å²) in [4.78, 5) is 44.8. The summed E-state index contributed by atoms with van der Waals surface area (Å²) in [5.74, 6) is -2.81. The number of aromatic nitrogens is 1. The molecule has 2 atom stereocenters. The number of carbonyl (C=O) groups excluding carboxylic acids is 3. The van der Waals surface area contributed by atoms with Gasteiger partial charge >= 0.3 is 10.3 Å². The van der Waals surface area contributed by atoms with Gasteiger partial charge < -0.3 is 21.6 Å². The van der Waals surface area contributed by atoms with E-state index in [2.05, 4.69) is 15.5 Å². The zero-order chi connectivity index (χ0) is 21.4. The van der Waals surface area contributed by atoms with Crippen LogP contribution >= 0.6 is 11.3 Å². The quantitative estimate of drug-likeness (QED) is 0.165. The minimum absolute atomic E-state index is 0.00586. The van der Waals surface area contributed by atoms with Crippen molar-refractivity contribution in [1.82, 2.24) is 14.6 Å². The summed E-state index contributed by atoms with van der Waals surface area (Å²) in [6.07, 6.45) is 0. The van der Waals surface area contributed by atoms with Gasteiger partial charge in [0.2, 0.25) is 5.60 Å². The Kier molecular flexibility index (Phi) is 5.63. The molecule has 1 fully saturated rings. The largest absolute Gasteiger partial charge is 0.379 e. The first kappa shape index (κ1) is 21.5. The Morgan fingerprint density at radius 2 is 2.07 bits per heavy atom. The molecule has 0 spiro atoms. The standard InChI is InChI=1S/C13H18N6O7S2/c1-5-7(10(21)19(5)28(23,24)25)17-9(20)8(6-4-27-12(15)16-6)18-26-13(2,3)11(14)22/h4-5,7H,1-3H3,(H2,14,22)(H2,15,16)(H,17,20)(H,23,24,25)/b18-8-/t5-,7-/m0/s1. The number of carbonyl (C=O) groups is 3. The van der Waals surface area contributed by atoms with Crippen molar-refractivity contribution >= 4 is 50.2 Å². The third-order valence-electron chi connectivity index (χ3n) is 3.81. The van der Waals surface area contributed by atoms with Crippen molar-refractivity contribution in [1.29, 1.82) is 0 Å². The molecule has 1 aromatic rings. The molecular weight excluding hydrogens is 416 g/mol. The fourth-order valence-corrected chi connectivity index (χ4v) is 3.55. The van der Waals surface area contributed by atoms with Crippen molar-refractivity contribution in [2.24, 2.45) is 10.9 Å². The topological polar surface area (TPSA) is 207 Å². The highest BCUT2D eigenvalue weighted by molar-refractivity contribution is 7.84. The van der Waals surface area contributed by atoms with Crippen LogP contribution in [0.1, 0.15) is 26.5 Å². The summed E-state index contributed by atoms with van der Waals surface area (Å²) >= 11 is 1.00. The highest BCUT2D eigenvalue weighted by Gasteiger charge is 2.51. The molecule has 0 saturated carbocycles. The number of nitrogens with two attached hydrogens (primary N) is 2. The summed E-state index contributed by atoms with van der Waals surface area (Å²) in [7, 11) is -4.74. The van der Waals surface area contributed by atoms with E-state index in [0.29, 0.717) is 0 Å². The van der Waals surface area contributed by atoms with Crippen LogP contribution in [0, 0.1) is 0 Å². The maximum Gasteiger partial charge on any atom is 0.362 e. The average molecular weight is 434 g/mol.